The normalized spacial score (nSPS) is 14.4. The Bertz CT molecular complexity index is 363. The number of hydrogen-bond acceptors (Lipinski definition) is 3. The zero-order valence-corrected chi connectivity index (χ0v) is 13.2. The molecule has 110 valence electrons. The molecule has 6 heteroatoms. The van der Waals surface area contributed by atoms with E-state index in [1.807, 2.05) is 27.7 Å². The summed E-state index contributed by atoms with van der Waals surface area (Å²) >= 11 is 4.92. The molecule has 0 aromatic rings. The predicted octanol–water partition coefficient (Wildman–Crippen LogP) is 1.11. The van der Waals surface area contributed by atoms with Gasteiger partial charge >= 0.3 is 0 Å². The number of nitrogens with two attached hydrogens (primary N) is 1. The van der Waals surface area contributed by atoms with Crippen LogP contribution in [0.2, 0.25) is 0 Å². The Morgan fingerprint density at radius 1 is 1.21 bits per heavy atom. The van der Waals surface area contributed by atoms with E-state index in [2.05, 4.69) is 10.6 Å². The van der Waals surface area contributed by atoms with E-state index >= 15 is 0 Å². The molecule has 1 atom stereocenters. The Labute approximate surface area is 120 Å². The van der Waals surface area contributed by atoms with Crippen molar-refractivity contribution < 1.29 is 9.59 Å². The molecule has 0 radical (unpaired) electrons. The van der Waals surface area contributed by atoms with Crippen LogP contribution in [-0.4, -0.2) is 28.9 Å². The van der Waals surface area contributed by atoms with Crippen molar-refractivity contribution in [1.82, 2.24) is 10.6 Å². The third-order valence-electron chi connectivity index (χ3n) is 2.90. The first-order chi connectivity index (χ1) is 8.53. The van der Waals surface area contributed by atoms with Gasteiger partial charge in [-0.2, -0.15) is 0 Å². The minimum Gasteiger partial charge on any atom is -0.392 e. The summed E-state index contributed by atoms with van der Waals surface area (Å²) in [7, 11) is 0. The summed E-state index contributed by atoms with van der Waals surface area (Å²) in [5.74, 6) is -0.326. The van der Waals surface area contributed by atoms with Crippen LogP contribution in [0.3, 0.4) is 0 Å². The molecular weight excluding hydrogens is 262 g/mol. The standard InChI is InChI=1S/C13H25N3O2S/c1-6-13(5,10(14)19)11(18)15-8-7-9(17)16-12(2,3)4/h6-8H2,1-5H3,(H2,14,19)(H,15,18)(H,16,17). The van der Waals surface area contributed by atoms with Crippen LogP contribution in [0, 0.1) is 5.41 Å². The molecule has 0 aliphatic carbocycles. The van der Waals surface area contributed by atoms with Crippen molar-refractivity contribution in [2.24, 2.45) is 11.1 Å². The number of rotatable bonds is 6. The Morgan fingerprint density at radius 3 is 2.11 bits per heavy atom. The van der Waals surface area contributed by atoms with Crippen LogP contribution in [0.5, 0.6) is 0 Å². The second-order valence-corrected chi connectivity index (χ2v) is 6.29. The van der Waals surface area contributed by atoms with E-state index in [9.17, 15) is 9.59 Å². The minimum atomic E-state index is -0.851. The van der Waals surface area contributed by atoms with Crippen LogP contribution in [0.4, 0.5) is 0 Å². The van der Waals surface area contributed by atoms with E-state index in [1.165, 1.54) is 0 Å². The second-order valence-electron chi connectivity index (χ2n) is 5.85. The number of hydrogen-bond donors (Lipinski definition) is 3. The molecule has 5 nitrogen and oxygen atoms in total. The number of thiocarbonyl (C=S) groups is 1. The fourth-order valence-corrected chi connectivity index (χ4v) is 1.65. The molecule has 0 fully saturated rings. The van der Waals surface area contributed by atoms with E-state index in [4.69, 9.17) is 18.0 Å². The van der Waals surface area contributed by atoms with Gasteiger partial charge < -0.3 is 16.4 Å². The molecule has 0 aromatic carbocycles. The predicted molar refractivity (Wildman–Crippen MR) is 80.7 cm³/mol. The Balaban J connectivity index is 4.25. The highest BCUT2D eigenvalue weighted by Crippen LogP contribution is 2.21. The quantitative estimate of drug-likeness (QED) is 0.639. The van der Waals surface area contributed by atoms with Crippen molar-refractivity contribution in [2.45, 2.75) is 53.0 Å². The van der Waals surface area contributed by atoms with Crippen molar-refractivity contribution in [3.8, 4) is 0 Å². The molecule has 0 aliphatic heterocycles. The van der Waals surface area contributed by atoms with Gasteiger partial charge in [0.25, 0.3) is 0 Å². The van der Waals surface area contributed by atoms with Gasteiger partial charge in [0.05, 0.1) is 10.4 Å². The second kappa shape index (κ2) is 6.84. The van der Waals surface area contributed by atoms with E-state index in [0.29, 0.717) is 6.42 Å². The van der Waals surface area contributed by atoms with Gasteiger partial charge in [-0.3, -0.25) is 9.59 Å². The van der Waals surface area contributed by atoms with Gasteiger partial charge in [0.15, 0.2) is 0 Å². The van der Waals surface area contributed by atoms with Crippen LogP contribution in [-0.2, 0) is 9.59 Å². The van der Waals surface area contributed by atoms with Gasteiger partial charge in [0.2, 0.25) is 11.8 Å². The molecular formula is C13H25N3O2S. The van der Waals surface area contributed by atoms with Gasteiger partial charge in [-0.15, -0.1) is 0 Å². The zero-order chi connectivity index (χ0) is 15.3. The lowest BCUT2D eigenvalue weighted by molar-refractivity contribution is -0.127. The highest BCUT2D eigenvalue weighted by atomic mass is 32.1. The molecule has 0 bridgehead atoms. The van der Waals surface area contributed by atoms with Crippen molar-refractivity contribution in [3.63, 3.8) is 0 Å². The molecule has 0 saturated carbocycles. The maximum absolute atomic E-state index is 12.0. The fourth-order valence-electron chi connectivity index (χ4n) is 1.41. The molecule has 0 aliphatic rings. The maximum atomic E-state index is 12.0. The molecule has 0 heterocycles. The van der Waals surface area contributed by atoms with Crippen LogP contribution in [0.25, 0.3) is 0 Å². The minimum absolute atomic E-state index is 0.0960. The molecule has 1 unspecified atom stereocenters. The van der Waals surface area contributed by atoms with Crippen LogP contribution < -0.4 is 16.4 Å². The lowest BCUT2D eigenvalue weighted by atomic mass is 9.86. The fraction of sp³-hybridized carbons (Fsp3) is 0.769. The highest BCUT2D eigenvalue weighted by molar-refractivity contribution is 7.80. The largest absolute Gasteiger partial charge is 0.392 e. The number of carbonyl (C=O) groups is 2. The summed E-state index contributed by atoms with van der Waals surface area (Å²) < 4.78 is 0. The average Bonchev–Trinajstić information content (AvgIpc) is 2.24. The van der Waals surface area contributed by atoms with E-state index in [1.54, 1.807) is 6.92 Å². The number of carbonyl (C=O) groups excluding carboxylic acids is 2. The summed E-state index contributed by atoms with van der Waals surface area (Å²) in [6.07, 6.45) is 0.766. The van der Waals surface area contributed by atoms with E-state index in [-0.39, 0.29) is 35.3 Å². The third kappa shape index (κ3) is 6.00. The van der Waals surface area contributed by atoms with Crippen molar-refractivity contribution >= 4 is 29.0 Å². The molecule has 0 aromatic heterocycles. The Kier molecular flexibility index (Phi) is 6.42. The van der Waals surface area contributed by atoms with Gasteiger partial charge in [-0.25, -0.2) is 0 Å². The van der Waals surface area contributed by atoms with Crippen LogP contribution in [0.1, 0.15) is 47.5 Å². The van der Waals surface area contributed by atoms with Crippen molar-refractivity contribution in [2.75, 3.05) is 6.54 Å². The van der Waals surface area contributed by atoms with Crippen molar-refractivity contribution in [3.05, 3.63) is 0 Å². The van der Waals surface area contributed by atoms with Crippen LogP contribution >= 0.6 is 12.2 Å². The van der Waals surface area contributed by atoms with Crippen molar-refractivity contribution in [1.29, 1.82) is 0 Å². The van der Waals surface area contributed by atoms with Gasteiger partial charge in [0, 0.05) is 18.5 Å². The molecule has 0 spiro atoms. The first-order valence-corrected chi connectivity index (χ1v) is 6.83. The van der Waals surface area contributed by atoms with Crippen LogP contribution in [0.15, 0.2) is 0 Å². The smallest absolute Gasteiger partial charge is 0.232 e. The number of nitrogens with one attached hydrogen (secondary N) is 2. The average molecular weight is 287 g/mol. The Morgan fingerprint density at radius 2 is 1.74 bits per heavy atom. The van der Waals surface area contributed by atoms with E-state index in [0.717, 1.165) is 0 Å². The summed E-state index contributed by atoms with van der Waals surface area (Å²) in [6.45, 7) is 9.56. The number of amides is 2. The molecule has 19 heavy (non-hydrogen) atoms. The topological polar surface area (TPSA) is 84.2 Å². The summed E-state index contributed by atoms with van der Waals surface area (Å²) in [6, 6.07) is 0. The van der Waals surface area contributed by atoms with Gasteiger partial charge in [-0.05, 0) is 34.1 Å². The lowest BCUT2D eigenvalue weighted by Gasteiger charge is -2.25. The summed E-state index contributed by atoms with van der Waals surface area (Å²) in [5.41, 5.74) is 4.47. The highest BCUT2D eigenvalue weighted by Gasteiger charge is 2.34. The van der Waals surface area contributed by atoms with Gasteiger partial charge in [-0.1, -0.05) is 19.1 Å². The lowest BCUT2D eigenvalue weighted by Crippen LogP contribution is -2.48. The first-order valence-electron chi connectivity index (χ1n) is 6.42. The monoisotopic (exact) mass is 287 g/mol. The SMILES string of the molecule is CCC(C)(C(=O)NCCC(=O)NC(C)(C)C)C(N)=S. The first kappa shape index (κ1) is 17.8. The Hall–Kier alpha value is -1.17. The molecule has 2 amide bonds. The molecule has 0 rings (SSSR count). The maximum Gasteiger partial charge on any atom is 0.232 e. The zero-order valence-electron chi connectivity index (χ0n) is 12.4. The summed E-state index contributed by atoms with van der Waals surface area (Å²) in [5, 5.41) is 5.53. The third-order valence-corrected chi connectivity index (χ3v) is 3.35. The summed E-state index contributed by atoms with van der Waals surface area (Å²) in [4.78, 5) is 23.7. The molecule has 4 N–H and O–H groups in total. The molecule has 0 saturated heterocycles. The van der Waals surface area contributed by atoms with E-state index < -0.39 is 5.41 Å². The van der Waals surface area contributed by atoms with Gasteiger partial charge in [0.1, 0.15) is 0 Å².